The van der Waals surface area contributed by atoms with Crippen molar-refractivity contribution in [1.82, 2.24) is 0 Å². The highest BCUT2D eigenvalue weighted by atomic mass is 16.3. The van der Waals surface area contributed by atoms with E-state index in [1.807, 2.05) is 0 Å². The standard InChI is InChI=1S/C13H26O/c1-2-8-12-9-6-4-3-5-7-10-13(14)11-12/h12-14H,2-11H2,1H3. The van der Waals surface area contributed by atoms with Crippen LogP contribution >= 0.6 is 0 Å². The summed E-state index contributed by atoms with van der Waals surface area (Å²) in [5.41, 5.74) is 0. The molecule has 1 saturated carbocycles. The van der Waals surface area contributed by atoms with Gasteiger partial charge in [-0.2, -0.15) is 0 Å². The van der Waals surface area contributed by atoms with Crippen LogP contribution in [0.15, 0.2) is 0 Å². The maximum atomic E-state index is 9.83. The summed E-state index contributed by atoms with van der Waals surface area (Å²) in [5.74, 6) is 0.799. The van der Waals surface area contributed by atoms with Crippen LogP contribution in [0.3, 0.4) is 0 Å². The number of hydrogen-bond donors (Lipinski definition) is 1. The predicted molar refractivity (Wildman–Crippen MR) is 61.3 cm³/mol. The van der Waals surface area contributed by atoms with Gasteiger partial charge in [-0.1, -0.05) is 58.3 Å². The van der Waals surface area contributed by atoms with Gasteiger partial charge in [-0.15, -0.1) is 0 Å². The molecule has 0 aromatic carbocycles. The maximum Gasteiger partial charge on any atom is 0.0542 e. The molecule has 1 fully saturated rings. The molecule has 0 aromatic rings. The zero-order chi connectivity index (χ0) is 10.2. The zero-order valence-electron chi connectivity index (χ0n) is 9.67. The summed E-state index contributed by atoms with van der Waals surface area (Å²) in [6.07, 6.45) is 12.8. The Balaban J connectivity index is 2.31. The summed E-state index contributed by atoms with van der Waals surface area (Å²) >= 11 is 0. The van der Waals surface area contributed by atoms with Crippen LogP contribution in [-0.2, 0) is 0 Å². The Morgan fingerprint density at radius 3 is 2.36 bits per heavy atom. The fourth-order valence-corrected chi connectivity index (χ4v) is 2.63. The fraction of sp³-hybridized carbons (Fsp3) is 1.00. The van der Waals surface area contributed by atoms with Crippen LogP contribution in [0.2, 0.25) is 0 Å². The van der Waals surface area contributed by atoms with Crippen molar-refractivity contribution >= 4 is 0 Å². The molecule has 0 bridgehead atoms. The third-order valence-corrected chi connectivity index (χ3v) is 3.45. The Morgan fingerprint density at radius 2 is 1.64 bits per heavy atom. The molecule has 2 unspecified atom stereocenters. The quantitative estimate of drug-likeness (QED) is 0.713. The third-order valence-electron chi connectivity index (χ3n) is 3.45. The number of aliphatic hydroxyl groups excluding tert-OH is 1. The second-order valence-electron chi connectivity index (χ2n) is 4.89. The molecule has 0 heterocycles. The second kappa shape index (κ2) is 7.28. The largest absolute Gasteiger partial charge is 0.393 e. The minimum atomic E-state index is -0.00958. The van der Waals surface area contributed by atoms with Gasteiger partial charge in [0.25, 0.3) is 0 Å². The maximum absolute atomic E-state index is 9.83. The average molecular weight is 198 g/mol. The van der Waals surface area contributed by atoms with Crippen LogP contribution in [0.1, 0.15) is 71.1 Å². The molecule has 1 heteroatoms. The van der Waals surface area contributed by atoms with E-state index in [4.69, 9.17) is 0 Å². The van der Waals surface area contributed by atoms with Gasteiger partial charge < -0.3 is 5.11 Å². The molecule has 1 nitrogen and oxygen atoms in total. The molecule has 0 amide bonds. The van der Waals surface area contributed by atoms with Gasteiger partial charge >= 0.3 is 0 Å². The van der Waals surface area contributed by atoms with Crippen LogP contribution in [-0.4, -0.2) is 11.2 Å². The van der Waals surface area contributed by atoms with Crippen LogP contribution in [0.5, 0.6) is 0 Å². The van der Waals surface area contributed by atoms with E-state index in [0.29, 0.717) is 0 Å². The van der Waals surface area contributed by atoms with Gasteiger partial charge in [0.2, 0.25) is 0 Å². The van der Waals surface area contributed by atoms with Crippen molar-refractivity contribution in [3.63, 3.8) is 0 Å². The molecule has 84 valence electrons. The van der Waals surface area contributed by atoms with Gasteiger partial charge in [-0.05, 0) is 18.8 Å². The van der Waals surface area contributed by atoms with Crippen molar-refractivity contribution in [1.29, 1.82) is 0 Å². The smallest absolute Gasteiger partial charge is 0.0542 e. The molecular weight excluding hydrogens is 172 g/mol. The minimum absolute atomic E-state index is 0.00958. The molecule has 0 aromatic heterocycles. The normalized spacial score (nSPS) is 31.3. The van der Waals surface area contributed by atoms with Gasteiger partial charge in [-0.25, -0.2) is 0 Å². The molecule has 1 aliphatic rings. The van der Waals surface area contributed by atoms with Gasteiger partial charge in [0.1, 0.15) is 0 Å². The van der Waals surface area contributed by atoms with Gasteiger partial charge in [0.15, 0.2) is 0 Å². The second-order valence-corrected chi connectivity index (χ2v) is 4.89. The molecule has 0 aliphatic heterocycles. The van der Waals surface area contributed by atoms with Crippen molar-refractivity contribution in [2.45, 2.75) is 77.2 Å². The SMILES string of the molecule is CCCC1CCCCCCCC(O)C1. The van der Waals surface area contributed by atoms with Crippen molar-refractivity contribution in [2.75, 3.05) is 0 Å². The number of hydrogen-bond acceptors (Lipinski definition) is 1. The topological polar surface area (TPSA) is 20.2 Å². The number of rotatable bonds is 2. The third kappa shape index (κ3) is 4.99. The Kier molecular flexibility index (Phi) is 6.25. The Labute approximate surface area is 88.9 Å². The van der Waals surface area contributed by atoms with Crippen molar-refractivity contribution in [2.24, 2.45) is 5.92 Å². The molecule has 0 spiro atoms. The molecular formula is C13H26O. The Bertz CT molecular complexity index is 133. The highest BCUT2D eigenvalue weighted by Gasteiger charge is 2.14. The van der Waals surface area contributed by atoms with Crippen LogP contribution < -0.4 is 0 Å². The van der Waals surface area contributed by atoms with Crippen LogP contribution in [0.4, 0.5) is 0 Å². The van der Waals surface area contributed by atoms with E-state index < -0.39 is 0 Å². The van der Waals surface area contributed by atoms with Crippen LogP contribution in [0, 0.1) is 5.92 Å². The van der Waals surface area contributed by atoms with Gasteiger partial charge in [0.05, 0.1) is 6.10 Å². The minimum Gasteiger partial charge on any atom is -0.393 e. The van der Waals surface area contributed by atoms with Crippen molar-refractivity contribution < 1.29 is 5.11 Å². The lowest BCUT2D eigenvalue weighted by Gasteiger charge is -2.21. The summed E-state index contributed by atoms with van der Waals surface area (Å²) in [6.45, 7) is 2.26. The number of aliphatic hydroxyl groups is 1. The zero-order valence-corrected chi connectivity index (χ0v) is 9.67. The summed E-state index contributed by atoms with van der Waals surface area (Å²) in [7, 11) is 0. The molecule has 14 heavy (non-hydrogen) atoms. The summed E-state index contributed by atoms with van der Waals surface area (Å²) in [5, 5.41) is 9.83. The van der Waals surface area contributed by atoms with E-state index in [1.54, 1.807) is 0 Å². The van der Waals surface area contributed by atoms with E-state index in [0.717, 1.165) is 18.8 Å². The molecule has 1 aliphatic carbocycles. The fourth-order valence-electron chi connectivity index (χ4n) is 2.63. The van der Waals surface area contributed by atoms with E-state index in [9.17, 15) is 5.11 Å². The lowest BCUT2D eigenvalue weighted by atomic mass is 9.88. The lowest BCUT2D eigenvalue weighted by Crippen LogP contribution is -2.14. The first kappa shape index (κ1) is 12.0. The molecule has 2 atom stereocenters. The van der Waals surface area contributed by atoms with Crippen LogP contribution in [0.25, 0.3) is 0 Å². The van der Waals surface area contributed by atoms with E-state index in [-0.39, 0.29) is 6.10 Å². The predicted octanol–water partition coefficient (Wildman–Crippen LogP) is 3.90. The van der Waals surface area contributed by atoms with E-state index in [2.05, 4.69) is 6.92 Å². The van der Waals surface area contributed by atoms with Crippen molar-refractivity contribution in [3.05, 3.63) is 0 Å². The highest BCUT2D eigenvalue weighted by Crippen LogP contribution is 2.24. The summed E-state index contributed by atoms with van der Waals surface area (Å²) in [6, 6.07) is 0. The Hall–Kier alpha value is -0.0400. The molecule has 0 radical (unpaired) electrons. The van der Waals surface area contributed by atoms with Crippen molar-refractivity contribution in [3.8, 4) is 0 Å². The highest BCUT2D eigenvalue weighted by molar-refractivity contribution is 4.67. The van der Waals surface area contributed by atoms with Gasteiger partial charge in [-0.3, -0.25) is 0 Å². The first-order chi connectivity index (χ1) is 6.83. The van der Waals surface area contributed by atoms with Gasteiger partial charge in [0, 0.05) is 0 Å². The molecule has 0 saturated heterocycles. The van der Waals surface area contributed by atoms with E-state index in [1.165, 1.54) is 51.4 Å². The Morgan fingerprint density at radius 1 is 1.00 bits per heavy atom. The monoisotopic (exact) mass is 198 g/mol. The summed E-state index contributed by atoms with van der Waals surface area (Å²) in [4.78, 5) is 0. The molecule has 1 N–H and O–H groups in total. The average Bonchev–Trinajstić information content (AvgIpc) is 2.17. The summed E-state index contributed by atoms with van der Waals surface area (Å²) < 4.78 is 0. The first-order valence-electron chi connectivity index (χ1n) is 6.51. The first-order valence-corrected chi connectivity index (χ1v) is 6.51. The molecule has 1 rings (SSSR count). The lowest BCUT2D eigenvalue weighted by molar-refractivity contribution is 0.121. The van der Waals surface area contributed by atoms with E-state index >= 15 is 0 Å².